The molecule has 0 aliphatic carbocycles. The van der Waals surface area contributed by atoms with Crippen LogP contribution in [-0.4, -0.2) is 40.3 Å². The Balaban J connectivity index is 0.00000128. The van der Waals surface area contributed by atoms with Gasteiger partial charge in [0.2, 0.25) is 0 Å². The number of rotatable bonds is 2. The number of nitrogens with zero attached hydrogens (tertiary/aromatic N) is 2. The van der Waals surface area contributed by atoms with Gasteiger partial charge in [-0.15, -0.1) is 24.8 Å². The van der Waals surface area contributed by atoms with Gasteiger partial charge in [0, 0.05) is 51.6 Å². The van der Waals surface area contributed by atoms with Crippen LogP contribution in [0.4, 0.5) is 11.4 Å². The van der Waals surface area contributed by atoms with Crippen LogP contribution in [0, 0.1) is 0 Å². The van der Waals surface area contributed by atoms with Gasteiger partial charge in [-0.2, -0.15) is 0 Å². The van der Waals surface area contributed by atoms with Crippen LogP contribution in [0.25, 0.3) is 0 Å². The summed E-state index contributed by atoms with van der Waals surface area (Å²) in [7, 11) is 4.16. The summed E-state index contributed by atoms with van der Waals surface area (Å²) < 4.78 is 0. The van der Waals surface area contributed by atoms with Crippen molar-refractivity contribution in [2.45, 2.75) is 0 Å². The van der Waals surface area contributed by atoms with Crippen molar-refractivity contribution < 1.29 is 0 Å². The molecule has 0 aromatic heterocycles. The SMILES string of the molecule is CN(C)c1cccc(N2CCNCC2)c1.Cl.Cl. The molecule has 1 fully saturated rings. The standard InChI is InChI=1S/C12H19N3.2ClH/c1-14(2)11-4-3-5-12(10-11)15-8-6-13-7-9-15;;/h3-5,10,13H,6-9H2,1-2H3;2*1H. The van der Waals surface area contributed by atoms with Crippen molar-refractivity contribution >= 4 is 36.2 Å². The van der Waals surface area contributed by atoms with Crippen LogP contribution >= 0.6 is 24.8 Å². The van der Waals surface area contributed by atoms with Crippen LogP contribution in [-0.2, 0) is 0 Å². The number of hydrogen-bond donors (Lipinski definition) is 1. The Morgan fingerprint density at radius 2 is 1.76 bits per heavy atom. The van der Waals surface area contributed by atoms with Gasteiger partial charge in [0.25, 0.3) is 0 Å². The first-order valence-corrected chi connectivity index (χ1v) is 5.50. The van der Waals surface area contributed by atoms with Gasteiger partial charge in [-0.05, 0) is 18.2 Å². The second-order valence-corrected chi connectivity index (χ2v) is 4.15. The molecule has 1 aliphatic heterocycles. The van der Waals surface area contributed by atoms with E-state index in [4.69, 9.17) is 0 Å². The summed E-state index contributed by atoms with van der Waals surface area (Å²) in [4.78, 5) is 4.58. The fourth-order valence-electron chi connectivity index (χ4n) is 1.89. The summed E-state index contributed by atoms with van der Waals surface area (Å²) in [5.41, 5.74) is 2.61. The maximum atomic E-state index is 3.37. The van der Waals surface area contributed by atoms with Gasteiger partial charge in [-0.3, -0.25) is 0 Å². The smallest absolute Gasteiger partial charge is 0.0387 e. The summed E-state index contributed by atoms with van der Waals surface area (Å²) in [6.45, 7) is 4.39. The van der Waals surface area contributed by atoms with E-state index in [1.807, 2.05) is 0 Å². The first-order chi connectivity index (χ1) is 7.27. The zero-order valence-corrected chi connectivity index (χ0v) is 12.0. The van der Waals surface area contributed by atoms with Crippen LogP contribution in [0.1, 0.15) is 0 Å². The van der Waals surface area contributed by atoms with Crippen LogP contribution < -0.4 is 15.1 Å². The van der Waals surface area contributed by atoms with Crippen molar-refractivity contribution in [2.24, 2.45) is 0 Å². The molecule has 2 rings (SSSR count). The molecule has 0 radical (unpaired) electrons. The molecule has 0 saturated carbocycles. The van der Waals surface area contributed by atoms with E-state index >= 15 is 0 Å². The molecule has 98 valence electrons. The molecule has 0 amide bonds. The molecule has 1 aromatic carbocycles. The zero-order valence-electron chi connectivity index (χ0n) is 10.3. The molecular formula is C12H21Cl2N3. The summed E-state index contributed by atoms with van der Waals surface area (Å²) in [5, 5.41) is 3.37. The Hall–Kier alpha value is -0.640. The van der Waals surface area contributed by atoms with Crippen molar-refractivity contribution in [3.05, 3.63) is 24.3 Å². The van der Waals surface area contributed by atoms with Crippen LogP contribution in [0.3, 0.4) is 0 Å². The Morgan fingerprint density at radius 1 is 1.12 bits per heavy atom. The Bertz CT molecular complexity index is 325. The first-order valence-electron chi connectivity index (χ1n) is 5.50. The fraction of sp³-hybridized carbons (Fsp3) is 0.500. The van der Waals surface area contributed by atoms with Crippen molar-refractivity contribution in [3.8, 4) is 0 Å². The van der Waals surface area contributed by atoms with Crippen LogP contribution in [0.15, 0.2) is 24.3 Å². The van der Waals surface area contributed by atoms with E-state index in [0.29, 0.717) is 0 Å². The number of anilines is 2. The lowest BCUT2D eigenvalue weighted by Crippen LogP contribution is -2.43. The quantitative estimate of drug-likeness (QED) is 0.892. The number of hydrogen-bond acceptors (Lipinski definition) is 3. The molecule has 1 heterocycles. The number of piperazine rings is 1. The molecule has 0 bridgehead atoms. The van der Waals surface area contributed by atoms with Gasteiger partial charge in [0.1, 0.15) is 0 Å². The highest BCUT2D eigenvalue weighted by Crippen LogP contribution is 2.21. The van der Waals surface area contributed by atoms with E-state index in [1.54, 1.807) is 0 Å². The first kappa shape index (κ1) is 16.4. The molecule has 1 saturated heterocycles. The summed E-state index contributed by atoms with van der Waals surface area (Å²) in [6, 6.07) is 8.72. The van der Waals surface area contributed by atoms with E-state index < -0.39 is 0 Å². The Labute approximate surface area is 116 Å². The normalized spacial score (nSPS) is 14.6. The molecule has 3 nitrogen and oxygen atoms in total. The van der Waals surface area contributed by atoms with Gasteiger partial charge in [-0.25, -0.2) is 0 Å². The van der Waals surface area contributed by atoms with Gasteiger partial charge >= 0.3 is 0 Å². The second-order valence-electron chi connectivity index (χ2n) is 4.15. The largest absolute Gasteiger partial charge is 0.378 e. The predicted octanol–water partition coefficient (Wildman–Crippen LogP) is 2.01. The summed E-state index contributed by atoms with van der Waals surface area (Å²) in [5.74, 6) is 0. The monoisotopic (exact) mass is 277 g/mol. The minimum atomic E-state index is 0. The Morgan fingerprint density at radius 3 is 2.35 bits per heavy atom. The van der Waals surface area contributed by atoms with Gasteiger partial charge < -0.3 is 15.1 Å². The predicted molar refractivity (Wildman–Crippen MR) is 80.3 cm³/mol. The lowest BCUT2D eigenvalue weighted by Gasteiger charge is -2.30. The molecule has 0 unspecified atom stereocenters. The minimum Gasteiger partial charge on any atom is -0.378 e. The average Bonchev–Trinajstić information content (AvgIpc) is 2.30. The van der Waals surface area contributed by atoms with E-state index in [0.717, 1.165) is 26.2 Å². The molecular weight excluding hydrogens is 257 g/mol. The highest BCUT2D eigenvalue weighted by molar-refractivity contribution is 5.85. The lowest BCUT2D eigenvalue weighted by atomic mass is 10.2. The highest BCUT2D eigenvalue weighted by atomic mass is 35.5. The maximum absolute atomic E-state index is 3.37. The van der Waals surface area contributed by atoms with Gasteiger partial charge in [0.05, 0.1) is 0 Å². The highest BCUT2D eigenvalue weighted by Gasteiger charge is 2.10. The molecule has 17 heavy (non-hydrogen) atoms. The molecule has 1 aromatic rings. The molecule has 1 N–H and O–H groups in total. The van der Waals surface area contributed by atoms with Crippen molar-refractivity contribution in [1.29, 1.82) is 0 Å². The van der Waals surface area contributed by atoms with Crippen molar-refractivity contribution in [2.75, 3.05) is 50.1 Å². The number of benzene rings is 1. The van der Waals surface area contributed by atoms with Crippen molar-refractivity contribution in [3.63, 3.8) is 0 Å². The topological polar surface area (TPSA) is 18.5 Å². The lowest BCUT2D eigenvalue weighted by molar-refractivity contribution is 0.589. The van der Waals surface area contributed by atoms with E-state index in [9.17, 15) is 0 Å². The Kier molecular flexibility index (Phi) is 7.35. The summed E-state index contributed by atoms with van der Waals surface area (Å²) >= 11 is 0. The van der Waals surface area contributed by atoms with Crippen LogP contribution in [0.5, 0.6) is 0 Å². The second kappa shape index (κ2) is 7.64. The van der Waals surface area contributed by atoms with Crippen LogP contribution in [0.2, 0.25) is 0 Å². The van der Waals surface area contributed by atoms with E-state index in [2.05, 4.69) is 53.5 Å². The number of nitrogens with one attached hydrogen (secondary N) is 1. The van der Waals surface area contributed by atoms with Gasteiger partial charge in [0.15, 0.2) is 0 Å². The third-order valence-electron chi connectivity index (χ3n) is 2.83. The third kappa shape index (κ3) is 4.26. The summed E-state index contributed by atoms with van der Waals surface area (Å²) in [6.07, 6.45) is 0. The molecule has 0 atom stereocenters. The molecule has 0 spiro atoms. The van der Waals surface area contributed by atoms with E-state index in [-0.39, 0.29) is 24.8 Å². The minimum absolute atomic E-state index is 0. The molecule has 1 aliphatic rings. The maximum Gasteiger partial charge on any atom is 0.0387 e. The fourth-order valence-corrected chi connectivity index (χ4v) is 1.89. The van der Waals surface area contributed by atoms with Gasteiger partial charge in [-0.1, -0.05) is 6.07 Å². The zero-order chi connectivity index (χ0) is 10.7. The third-order valence-corrected chi connectivity index (χ3v) is 2.83. The van der Waals surface area contributed by atoms with E-state index in [1.165, 1.54) is 11.4 Å². The number of halogens is 2. The van der Waals surface area contributed by atoms with Crippen molar-refractivity contribution in [1.82, 2.24) is 5.32 Å². The average molecular weight is 278 g/mol. The molecule has 5 heteroatoms.